The predicted octanol–water partition coefficient (Wildman–Crippen LogP) is -0.224. The highest BCUT2D eigenvalue weighted by molar-refractivity contribution is 7.89. The van der Waals surface area contributed by atoms with Gasteiger partial charge in [-0.25, -0.2) is 8.42 Å². The molecule has 8 heteroatoms. The van der Waals surface area contributed by atoms with Crippen LogP contribution in [0.15, 0.2) is 17.2 Å². The fraction of sp³-hybridized carbons (Fsp3) is 0.583. The van der Waals surface area contributed by atoms with Gasteiger partial charge in [-0.3, -0.25) is 4.79 Å². The fourth-order valence-corrected chi connectivity index (χ4v) is 3.62. The summed E-state index contributed by atoms with van der Waals surface area (Å²) in [4.78, 5) is 11.7. The zero-order valence-corrected chi connectivity index (χ0v) is 12.9. The van der Waals surface area contributed by atoms with Crippen LogP contribution in [0, 0.1) is 0 Å². The van der Waals surface area contributed by atoms with Gasteiger partial charge in [-0.05, 0) is 19.9 Å². The second kappa shape index (κ2) is 6.38. The van der Waals surface area contributed by atoms with Crippen LogP contribution in [0.25, 0.3) is 0 Å². The summed E-state index contributed by atoms with van der Waals surface area (Å²) in [6.45, 7) is 3.22. The lowest BCUT2D eigenvalue weighted by atomic mass is 10.4. The summed E-state index contributed by atoms with van der Waals surface area (Å²) in [5, 5.41) is 11.5. The van der Waals surface area contributed by atoms with Gasteiger partial charge in [0.15, 0.2) is 0 Å². The molecule has 0 aliphatic rings. The van der Waals surface area contributed by atoms with E-state index in [1.54, 1.807) is 20.9 Å². The maximum absolute atomic E-state index is 12.5. The lowest BCUT2D eigenvalue weighted by Gasteiger charge is -2.24. The summed E-state index contributed by atoms with van der Waals surface area (Å²) in [5.74, 6) is -0.354. The number of rotatable bonds is 6. The van der Waals surface area contributed by atoms with Gasteiger partial charge in [0.2, 0.25) is 10.0 Å². The molecule has 114 valence electrons. The van der Waals surface area contributed by atoms with Crippen molar-refractivity contribution in [3.63, 3.8) is 0 Å². The van der Waals surface area contributed by atoms with E-state index in [9.17, 15) is 13.2 Å². The van der Waals surface area contributed by atoms with E-state index in [0.29, 0.717) is 0 Å². The Morgan fingerprint density at radius 3 is 2.55 bits per heavy atom. The van der Waals surface area contributed by atoms with Gasteiger partial charge in [-0.1, -0.05) is 0 Å². The molecule has 1 rings (SSSR count). The number of aliphatic hydroxyl groups excluding tert-OH is 1. The molecule has 1 amide bonds. The third-order valence-electron chi connectivity index (χ3n) is 2.94. The molecule has 0 radical (unpaired) electrons. The van der Waals surface area contributed by atoms with Crippen LogP contribution in [0.2, 0.25) is 0 Å². The van der Waals surface area contributed by atoms with Crippen molar-refractivity contribution in [3.8, 4) is 0 Å². The van der Waals surface area contributed by atoms with Crippen LogP contribution in [-0.4, -0.2) is 54.5 Å². The molecule has 1 aromatic heterocycles. The van der Waals surface area contributed by atoms with Crippen LogP contribution >= 0.6 is 0 Å². The first-order valence-corrected chi connectivity index (χ1v) is 7.70. The van der Waals surface area contributed by atoms with Gasteiger partial charge in [0.1, 0.15) is 10.6 Å². The smallest absolute Gasteiger partial charge is 0.267 e. The Hall–Kier alpha value is -1.38. The molecule has 0 saturated heterocycles. The molecule has 7 nitrogen and oxygen atoms in total. The Balaban J connectivity index is 3.25. The van der Waals surface area contributed by atoms with Crippen LogP contribution in [0.3, 0.4) is 0 Å². The molecule has 0 unspecified atom stereocenters. The molecular formula is C12H21N3O4S. The molecule has 0 spiro atoms. The average molecular weight is 303 g/mol. The number of nitrogens with one attached hydrogen (secondary N) is 1. The highest BCUT2D eigenvalue weighted by Crippen LogP contribution is 2.20. The highest BCUT2D eigenvalue weighted by Gasteiger charge is 2.28. The number of carbonyl (C=O) groups is 1. The van der Waals surface area contributed by atoms with E-state index in [4.69, 9.17) is 5.11 Å². The molecule has 0 bridgehead atoms. The molecule has 0 saturated carbocycles. The maximum Gasteiger partial charge on any atom is 0.267 e. The number of aromatic nitrogens is 1. The first-order chi connectivity index (χ1) is 9.25. The van der Waals surface area contributed by atoms with Crippen LogP contribution in [0.5, 0.6) is 0 Å². The number of amides is 1. The number of hydrogen-bond acceptors (Lipinski definition) is 4. The summed E-state index contributed by atoms with van der Waals surface area (Å²) in [6.07, 6.45) is 1.40. The molecule has 1 heterocycles. The van der Waals surface area contributed by atoms with Crippen LogP contribution in [0.4, 0.5) is 0 Å². The van der Waals surface area contributed by atoms with E-state index in [1.807, 2.05) is 0 Å². The van der Waals surface area contributed by atoms with E-state index in [2.05, 4.69) is 5.32 Å². The minimum atomic E-state index is -3.73. The largest absolute Gasteiger partial charge is 0.395 e. The van der Waals surface area contributed by atoms with Crippen LogP contribution in [0.1, 0.15) is 24.3 Å². The SMILES string of the molecule is CNC(=O)c1cc(S(=O)(=O)N(CCO)C(C)C)cn1C. The molecular weight excluding hydrogens is 282 g/mol. The Bertz CT molecular complexity index is 578. The fourth-order valence-electron chi connectivity index (χ4n) is 1.92. The second-order valence-corrected chi connectivity index (χ2v) is 6.57. The standard InChI is InChI=1S/C12H21N3O4S/c1-9(2)15(5-6-16)20(18,19)10-7-11(12(17)13-3)14(4)8-10/h7-9,16H,5-6H2,1-4H3,(H,13,17). The number of aryl methyl sites for hydroxylation is 1. The molecule has 0 atom stereocenters. The summed E-state index contributed by atoms with van der Waals surface area (Å²) >= 11 is 0. The van der Waals surface area contributed by atoms with Crippen molar-refractivity contribution in [1.29, 1.82) is 0 Å². The van der Waals surface area contributed by atoms with Crippen molar-refractivity contribution >= 4 is 15.9 Å². The normalized spacial score (nSPS) is 12.2. The molecule has 20 heavy (non-hydrogen) atoms. The van der Waals surface area contributed by atoms with E-state index in [-0.39, 0.29) is 35.7 Å². The topological polar surface area (TPSA) is 91.6 Å². The number of aliphatic hydroxyl groups is 1. The molecule has 1 aromatic rings. The Kier molecular flexibility index (Phi) is 5.32. The molecule has 0 aliphatic heterocycles. The minimum Gasteiger partial charge on any atom is -0.395 e. The van der Waals surface area contributed by atoms with Crippen molar-refractivity contribution in [1.82, 2.24) is 14.2 Å². The Morgan fingerprint density at radius 2 is 2.10 bits per heavy atom. The first-order valence-electron chi connectivity index (χ1n) is 6.26. The van der Waals surface area contributed by atoms with E-state index < -0.39 is 10.0 Å². The third-order valence-corrected chi connectivity index (χ3v) is 4.98. The average Bonchev–Trinajstić information content (AvgIpc) is 2.77. The van der Waals surface area contributed by atoms with Gasteiger partial charge in [-0.15, -0.1) is 0 Å². The minimum absolute atomic E-state index is 0.0181. The summed E-state index contributed by atoms with van der Waals surface area (Å²) in [6, 6.07) is 1.05. The predicted molar refractivity (Wildman–Crippen MR) is 74.9 cm³/mol. The monoisotopic (exact) mass is 303 g/mol. The Labute approximate surface area is 119 Å². The third kappa shape index (κ3) is 3.20. The van der Waals surface area contributed by atoms with Crippen molar-refractivity contribution in [2.24, 2.45) is 7.05 Å². The van der Waals surface area contributed by atoms with Gasteiger partial charge >= 0.3 is 0 Å². The first kappa shape index (κ1) is 16.7. The maximum atomic E-state index is 12.5. The quantitative estimate of drug-likeness (QED) is 0.760. The number of sulfonamides is 1. The van der Waals surface area contributed by atoms with E-state index in [1.165, 1.54) is 28.2 Å². The van der Waals surface area contributed by atoms with E-state index in [0.717, 1.165) is 0 Å². The highest BCUT2D eigenvalue weighted by atomic mass is 32.2. The number of nitrogens with zero attached hydrogens (tertiary/aromatic N) is 2. The van der Waals surface area contributed by atoms with Gasteiger partial charge in [0, 0.05) is 32.9 Å². The van der Waals surface area contributed by atoms with Crippen LogP contribution in [-0.2, 0) is 17.1 Å². The zero-order chi connectivity index (χ0) is 15.5. The Morgan fingerprint density at radius 1 is 1.50 bits per heavy atom. The molecule has 0 fully saturated rings. The van der Waals surface area contributed by atoms with Crippen molar-refractivity contribution in [2.75, 3.05) is 20.2 Å². The van der Waals surface area contributed by atoms with Crippen molar-refractivity contribution in [2.45, 2.75) is 24.8 Å². The lowest BCUT2D eigenvalue weighted by molar-refractivity contribution is 0.0955. The van der Waals surface area contributed by atoms with Crippen molar-refractivity contribution in [3.05, 3.63) is 18.0 Å². The molecule has 2 N–H and O–H groups in total. The number of carbonyl (C=O) groups excluding carboxylic acids is 1. The van der Waals surface area contributed by atoms with E-state index >= 15 is 0 Å². The zero-order valence-electron chi connectivity index (χ0n) is 12.1. The van der Waals surface area contributed by atoms with Gasteiger partial charge in [-0.2, -0.15) is 4.31 Å². The van der Waals surface area contributed by atoms with Crippen LogP contribution < -0.4 is 5.32 Å². The number of hydrogen-bond donors (Lipinski definition) is 2. The summed E-state index contributed by atoms with van der Waals surface area (Å²) in [5.41, 5.74) is 0.263. The summed E-state index contributed by atoms with van der Waals surface area (Å²) < 4.78 is 27.7. The van der Waals surface area contributed by atoms with Gasteiger partial charge < -0.3 is 15.0 Å². The van der Waals surface area contributed by atoms with Gasteiger partial charge in [0.25, 0.3) is 5.91 Å². The second-order valence-electron chi connectivity index (χ2n) is 4.68. The van der Waals surface area contributed by atoms with Crippen molar-refractivity contribution < 1.29 is 18.3 Å². The van der Waals surface area contributed by atoms with Gasteiger partial charge in [0.05, 0.1) is 6.61 Å². The molecule has 0 aliphatic carbocycles. The summed E-state index contributed by atoms with van der Waals surface area (Å²) in [7, 11) is -0.645. The lowest BCUT2D eigenvalue weighted by Crippen LogP contribution is -2.38. The molecule has 0 aromatic carbocycles.